The fraction of sp³-hybridized carbons (Fsp3) is 0.350. The van der Waals surface area contributed by atoms with Crippen LogP contribution in [0, 0.1) is 0 Å². The Hall–Kier alpha value is -2.69. The third-order valence-electron chi connectivity index (χ3n) is 4.19. The lowest BCUT2D eigenvalue weighted by atomic mass is 9.87. The SMILES string of the molecule is COc1cccc(N(NC2=NCCN2)c2ccc(C(C)(C)C)cc2)c1. The van der Waals surface area contributed by atoms with Crippen molar-refractivity contribution in [1.29, 1.82) is 0 Å². The molecule has 2 aromatic rings. The van der Waals surface area contributed by atoms with Gasteiger partial charge >= 0.3 is 0 Å². The maximum atomic E-state index is 5.37. The zero-order chi connectivity index (χ0) is 17.9. The van der Waals surface area contributed by atoms with Gasteiger partial charge < -0.3 is 10.1 Å². The highest BCUT2D eigenvalue weighted by Gasteiger charge is 2.17. The fourth-order valence-electron chi connectivity index (χ4n) is 2.72. The van der Waals surface area contributed by atoms with Crippen LogP contribution in [0.1, 0.15) is 26.3 Å². The zero-order valence-electron chi connectivity index (χ0n) is 15.3. The van der Waals surface area contributed by atoms with E-state index in [0.29, 0.717) is 0 Å². The van der Waals surface area contributed by atoms with Crippen LogP contribution in [0.5, 0.6) is 5.75 Å². The number of hydrogen-bond acceptors (Lipinski definition) is 5. The molecule has 1 aliphatic heterocycles. The molecule has 0 saturated carbocycles. The van der Waals surface area contributed by atoms with E-state index in [1.807, 2.05) is 29.3 Å². The Balaban J connectivity index is 1.95. The number of nitrogens with one attached hydrogen (secondary N) is 2. The van der Waals surface area contributed by atoms with E-state index in [9.17, 15) is 0 Å². The molecule has 0 saturated heterocycles. The molecule has 0 spiro atoms. The molecule has 0 radical (unpaired) electrons. The molecule has 0 aliphatic carbocycles. The van der Waals surface area contributed by atoms with E-state index >= 15 is 0 Å². The van der Waals surface area contributed by atoms with Crippen molar-refractivity contribution in [1.82, 2.24) is 10.7 Å². The number of nitrogens with zero attached hydrogens (tertiary/aromatic N) is 2. The Morgan fingerprint density at radius 1 is 1.08 bits per heavy atom. The van der Waals surface area contributed by atoms with Crippen LogP contribution < -0.4 is 20.5 Å². The molecule has 1 heterocycles. The quantitative estimate of drug-likeness (QED) is 0.837. The van der Waals surface area contributed by atoms with Crippen molar-refractivity contribution in [3.63, 3.8) is 0 Å². The number of methoxy groups -OCH3 is 1. The first kappa shape index (κ1) is 17.1. The highest BCUT2D eigenvalue weighted by Crippen LogP contribution is 2.29. The van der Waals surface area contributed by atoms with Crippen molar-refractivity contribution in [2.75, 3.05) is 25.2 Å². The summed E-state index contributed by atoms with van der Waals surface area (Å²) >= 11 is 0. The van der Waals surface area contributed by atoms with E-state index in [0.717, 1.165) is 36.2 Å². The number of benzene rings is 2. The lowest BCUT2D eigenvalue weighted by molar-refractivity contribution is 0.415. The summed E-state index contributed by atoms with van der Waals surface area (Å²) in [7, 11) is 1.68. The third kappa shape index (κ3) is 4.05. The van der Waals surface area contributed by atoms with Gasteiger partial charge in [0.25, 0.3) is 0 Å². The van der Waals surface area contributed by atoms with E-state index in [1.165, 1.54) is 5.56 Å². The van der Waals surface area contributed by atoms with Crippen molar-refractivity contribution in [2.24, 2.45) is 4.99 Å². The first-order chi connectivity index (χ1) is 12.0. The molecule has 2 aromatic carbocycles. The molecule has 0 aromatic heterocycles. The number of guanidine groups is 1. The summed E-state index contributed by atoms with van der Waals surface area (Å²) in [5.41, 5.74) is 6.83. The van der Waals surface area contributed by atoms with Crippen LogP contribution in [0.25, 0.3) is 0 Å². The average Bonchev–Trinajstić information content (AvgIpc) is 3.12. The number of hydrazine groups is 1. The first-order valence-corrected chi connectivity index (χ1v) is 8.57. The van der Waals surface area contributed by atoms with Gasteiger partial charge in [-0.25, -0.2) is 0 Å². The minimum absolute atomic E-state index is 0.129. The lowest BCUT2D eigenvalue weighted by Gasteiger charge is -2.28. The number of ether oxygens (including phenoxy) is 1. The van der Waals surface area contributed by atoms with Crippen LogP contribution in [0.4, 0.5) is 11.4 Å². The van der Waals surface area contributed by atoms with Crippen molar-refractivity contribution < 1.29 is 4.74 Å². The molecule has 3 rings (SSSR count). The molecule has 25 heavy (non-hydrogen) atoms. The first-order valence-electron chi connectivity index (χ1n) is 8.57. The van der Waals surface area contributed by atoms with Gasteiger partial charge in [0, 0.05) is 12.6 Å². The van der Waals surface area contributed by atoms with E-state index in [4.69, 9.17) is 4.74 Å². The second-order valence-electron chi connectivity index (χ2n) is 7.10. The van der Waals surface area contributed by atoms with Crippen LogP contribution in [0.3, 0.4) is 0 Å². The Labute approximate surface area is 149 Å². The van der Waals surface area contributed by atoms with Gasteiger partial charge in [0.2, 0.25) is 5.96 Å². The van der Waals surface area contributed by atoms with Gasteiger partial charge in [0.05, 0.1) is 25.0 Å². The molecule has 0 amide bonds. The Morgan fingerprint density at radius 3 is 2.44 bits per heavy atom. The predicted octanol–water partition coefficient (Wildman–Crippen LogP) is 3.59. The second-order valence-corrected chi connectivity index (χ2v) is 7.10. The minimum atomic E-state index is 0.129. The number of anilines is 2. The molecular weight excluding hydrogens is 312 g/mol. The molecule has 5 nitrogen and oxygen atoms in total. The maximum Gasteiger partial charge on any atom is 0.210 e. The predicted molar refractivity (Wildman–Crippen MR) is 104 cm³/mol. The molecule has 2 N–H and O–H groups in total. The van der Waals surface area contributed by atoms with Crippen molar-refractivity contribution in [2.45, 2.75) is 26.2 Å². The highest BCUT2D eigenvalue weighted by atomic mass is 16.5. The van der Waals surface area contributed by atoms with Crippen LogP contribution in [0.15, 0.2) is 53.5 Å². The summed E-state index contributed by atoms with van der Waals surface area (Å²) in [4.78, 5) is 4.45. The standard InChI is InChI=1S/C20H26N4O/c1-20(2,3)15-8-10-16(11-9-15)24(23-19-21-12-13-22-19)17-6-5-7-18(14-17)25-4/h5-11,14H,12-13H2,1-4H3,(H2,21,22,23). The van der Waals surface area contributed by atoms with Gasteiger partial charge in [-0.15, -0.1) is 0 Å². The highest BCUT2D eigenvalue weighted by molar-refractivity contribution is 5.85. The number of aliphatic imine (C=N–C) groups is 1. The summed E-state index contributed by atoms with van der Waals surface area (Å²) in [6.45, 7) is 8.31. The van der Waals surface area contributed by atoms with Gasteiger partial charge in [0.15, 0.2) is 0 Å². The van der Waals surface area contributed by atoms with Crippen LogP contribution in [-0.2, 0) is 5.41 Å². The summed E-state index contributed by atoms with van der Waals surface area (Å²) in [5.74, 6) is 1.60. The Kier molecular flexibility index (Phi) is 4.83. The third-order valence-corrected chi connectivity index (χ3v) is 4.19. The summed E-state index contributed by atoms with van der Waals surface area (Å²) in [6.07, 6.45) is 0. The van der Waals surface area contributed by atoms with Gasteiger partial charge in [-0.1, -0.05) is 39.0 Å². The second kappa shape index (κ2) is 7.05. The Bertz CT molecular complexity index is 747. The number of rotatable bonds is 4. The molecule has 5 heteroatoms. The van der Waals surface area contributed by atoms with E-state index in [2.05, 4.69) is 60.8 Å². The largest absolute Gasteiger partial charge is 0.497 e. The van der Waals surface area contributed by atoms with Crippen LogP contribution in [-0.4, -0.2) is 26.2 Å². The van der Waals surface area contributed by atoms with E-state index in [-0.39, 0.29) is 5.41 Å². The maximum absolute atomic E-state index is 5.37. The van der Waals surface area contributed by atoms with Crippen molar-refractivity contribution in [3.05, 3.63) is 54.1 Å². The summed E-state index contributed by atoms with van der Waals surface area (Å²) in [6, 6.07) is 16.6. The normalized spacial score (nSPS) is 13.8. The Morgan fingerprint density at radius 2 is 1.84 bits per heavy atom. The van der Waals surface area contributed by atoms with Gasteiger partial charge in [-0.2, -0.15) is 0 Å². The van der Waals surface area contributed by atoms with Gasteiger partial charge in [0.1, 0.15) is 5.75 Å². The molecule has 0 bridgehead atoms. The monoisotopic (exact) mass is 338 g/mol. The average molecular weight is 338 g/mol. The molecule has 0 atom stereocenters. The molecular formula is C20H26N4O. The summed E-state index contributed by atoms with van der Waals surface area (Å²) < 4.78 is 5.37. The smallest absolute Gasteiger partial charge is 0.210 e. The van der Waals surface area contributed by atoms with Gasteiger partial charge in [-0.3, -0.25) is 15.4 Å². The van der Waals surface area contributed by atoms with E-state index in [1.54, 1.807) is 7.11 Å². The minimum Gasteiger partial charge on any atom is -0.497 e. The topological polar surface area (TPSA) is 48.9 Å². The van der Waals surface area contributed by atoms with E-state index < -0.39 is 0 Å². The molecule has 132 valence electrons. The molecule has 0 fully saturated rings. The van der Waals surface area contributed by atoms with Crippen molar-refractivity contribution >= 4 is 17.3 Å². The lowest BCUT2D eigenvalue weighted by Crippen LogP contribution is -2.44. The van der Waals surface area contributed by atoms with Crippen LogP contribution >= 0.6 is 0 Å². The summed E-state index contributed by atoms with van der Waals surface area (Å²) in [5, 5.41) is 5.28. The zero-order valence-corrected chi connectivity index (χ0v) is 15.3. The van der Waals surface area contributed by atoms with Crippen molar-refractivity contribution in [3.8, 4) is 5.75 Å². The molecule has 1 aliphatic rings. The fourth-order valence-corrected chi connectivity index (χ4v) is 2.72. The van der Waals surface area contributed by atoms with Crippen LogP contribution in [0.2, 0.25) is 0 Å². The molecule has 0 unspecified atom stereocenters. The van der Waals surface area contributed by atoms with Gasteiger partial charge in [-0.05, 0) is 35.2 Å². The number of hydrogen-bond donors (Lipinski definition) is 2.